The summed E-state index contributed by atoms with van der Waals surface area (Å²) in [5, 5.41) is 0. The largest absolute Gasteiger partial charge is 0.342 e. The highest BCUT2D eigenvalue weighted by Crippen LogP contribution is 2.17. The summed E-state index contributed by atoms with van der Waals surface area (Å²) < 4.78 is 0. The monoisotopic (exact) mass is 370 g/mol. The summed E-state index contributed by atoms with van der Waals surface area (Å²) in [5.41, 5.74) is 2.92. The number of amides is 2. The minimum Gasteiger partial charge on any atom is -0.342 e. The zero-order valence-electron chi connectivity index (χ0n) is 16.6. The molecule has 0 saturated carbocycles. The van der Waals surface area contributed by atoms with Crippen molar-refractivity contribution in [2.24, 2.45) is 5.92 Å². The number of carbonyl (C=O) groups is 2. The first-order valence-corrected chi connectivity index (χ1v) is 10.1. The number of hydrogen-bond acceptors (Lipinski definition) is 3. The van der Waals surface area contributed by atoms with Crippen molar-refractivity contribution < 1.29 is 9.59 Å². The minimum absolute atomic E-state index is 0.112. The Bertz CT molecular complexity index is 802. The lowest BCUT2D eigenvalue weighted by Crippen LogP contribution is -2.52. The molecule has 0 bridgehead atoms. The molecule has 0 radical (unpaired) electrons. The summed E-state index contributed by atoms with van der Waals surface area (Å²) >= 11 is 0. The topological polar surface area (TPSA) is 69.3 Å². The van der Waals surface area contributed by atoms with Crippen LogP contribution in [0.25, 0.3) is 11.0 Å². The highest BCUT2D eigenvalue weighted by molar-refractivity contribution is 5.83. The minimum atomic E-state index is 0.112. The predicted octanol–water partition coefficient (Wildman–Crippen LogP) is 2.77. The maximum Gasteiger partial charge on any atom is 0.227 e. The number of aryl methyl sites for hydroxylation is 1. The van der Waals surface area contributed by atoms with E-state index in [2.05, 4.69) is 30.7 Å². The molecule has 0 unspecified atom stereocenters. The first-order chi connectivity index (χ1) is 13.0. The van der Waals surface area contributed by atoms with Crippen LogP contribution in [0.1, 0.15) is 45.0 Å². The van der Waals surface area contributed by atoms with Gasteiger partial charge in [-0.05, 0) is 30.5 Å². The number of benzene rings is 1. The average molecular weight is 370 g/mol. The highest BCUT2D eigenvalue weighted by atomic mass is 16.2. The third kappa shape index (κ3) is 4.31. The molecule has 6 nitrogen and oxygen atoms in total. The Morgan fingerprint density at radius 2 is 1.74 bits per heavy atom. The van der Waals surface area contributed by atoms with Crippen molar-refractivity contribution in [2.75, 3.05) is 26.2 Å². The molecule has 6 heteroatoms. The molecule has 1 fully saturated rings. The van der Waals surface area contributed by atoms with Crippen LogP contribution >= 0.6 is 0 Å². The van der Waals surface area contributed by atoms with Crippen molar-refractivity contribution in [3.63, 3.8) is 0 Å². The standard InChI is InChI=1S/C21H30N4O2/c1-4-16(5-2)21(27)25-11-9-24(10-12-25)20(26)14-15-7-8-17-18(13-15)23-19(6-3)22-17/h7-8,13,16H,4-6,9-12,14H2,1-3H3,(H,22,23). The van der Waals surface area contributed by atoms with Gasteiger partial charge in [0, 0.05) is 38.5 Å². The fourth-order valence-electron chi connectivity index (χ4n) is 3.75. The molecular weight excluding hydrogens is 340 g/mol. The molecule has 1 aromatic carbocycles. The van der Waals surface area contributed by atoms with Crippen LogP contribution in [0.2, 0.25) is 0 Å². The first kappa shape index (κ1) is 19.4. The maximum absolute atomic E-state index is 12.7. The number of aromatic amines is 1. The van der Waals surface area contributed by atoms with Gasteiger partial charge in [0.15, 0.2) is 0 Å². The van der Waals surface area contributed by atoms with E-state index in [0.29, 0.717) is 32.6 Å². The molecule has 0 aliphatic carbocycles. The fourth-order valence-corrected chi connectivity index (χ4v) is 3.75. The van der Waals surface area contributed by atoms with E-state index in [1.807, 2.05) is 28.0 Å². The van der Waals surface area contributed by atoms with Gasteiger partial charge in [-0.25, -0.2) is 4.98 Å². The van der Waals surface area contributed by atoms with E-state index in [4.69, 9.17) is 0 Å². The number of piperazine rings is 1. The van der Waals surface area contributed by atoms with Gasteiger partial charge in [0.1, 0.15) is 5.82 Å². The molecule has 0 spiro atoms. The lowest BCUT2D eigenvalue weighted by Gasteiger charge is -2.36. The van der Waals surface area contributed by atoms with Gasteiger partial charge >= 0.3 is 0 Å². The molecule has 146 valence electrons. The molecule has 2 amide bonds. The van der Waals surface area contributed by atoms with Crippen LogP contribution in [-0.4, -0.2) is 57.8 Å². The normalized spacial score (nSPS) is 15.0. The second-order valence-corrected chi connectivity index (χ2v) is 7.28. The average Bonchev–Trinajstić information content (AvgIpc) is 3.11. The summed E-state index contributed by atoms with van der Waals surface area (Å²) in [6, 6.07) is 5.97. The lowest BCUT2D eigenvalue weighted by molar-refractivity contribution is -0.142. The highest BCUT2D eigenvalue weighted by Gasteiger charge is 2.27. The Morgan fingerprint density at radius 1 is 1.07 bits per heavy atom. The molecule has 1 aliphatic rings. The number of fused-ring (bicyclic) bond motifs is 1. The van der Waals surface area contributed by atoms with E-state index in [-0.39, 0.29) is 17.7 Å². The van der Waals surface area contributed by atoms with Gasteiger partial charge in [0.2, 0.25) is 11.8 Å². The number of nitrogens with zero attached hydrogens (tertiary/aromatic N) is 3. The van der Waals surface area contributed by atoms with Crippen molar-refractivity contribution in [3.8, 4) is 0 Å². The van der Waals surface area contributed by atoms with Crippen molar-refractivity contribution in [1.82, 2.24) is 19.8 Å². The summed E-state index contributed by atoms with van der Waals surface area (Å²) in [6.07, 6.45) is 3.01. The fraction of sp³-hybridized carbons (Fsp3) is 0.571. The lowest BCUT2D eigenvalue weighted by atomic mass is 10.0. The maximum atomic E-state index is 12.7. The number of nitrogens with one attached hydrogen (secondary N) is 1. The van der Waals surface area contributed by atoms with E-state index < -0.39 is 0 Å². The van der Waals surface area contributed by atoms with Gasteiger partial charge < -0.3 is 14.8 Å². The number of hydrogen-bond donors (Lipinski definition) is 1. The Labute approximate surface area is 160 Å². The Kier molecular flexibility index (Phi) is 6.14. The predicted molar refractivity (Wildman–Crippen MR) is 106 cm³/mol. The van der Waals surface area contributed by atoms with E-state index in [0.717, 1.165) is 41.7 Å². The summed E-state index contributed by atoms with van der Waals surface area (Å²) in [7, 11) is 0. The van der Waals surface area contributed by atoms with Crippen molar-refractivity contribution in [2.45, 2.75) is 46.5 Å². The van der Waals surface area contributed by atoms with Crippen LogP contribution in [0.15, 0.2) is 18.2 Å². The van der Waals surface area contributed by atoms with Gasteiger partial charge in [-0.1, -0.05) is 26.8 Å². The molecule has 1 aromatic heterocycles. The number of imidazole rings is 1. The van der Waals surface area contributed by atoms with Crippen LogP contribution in [0.5, 0.6) is 0 Å². The molecule has 0 atom stereocenters. The van der Waals surface area contributed by atoms with Gasteiger partial charge in [-0.3, -0.25) is 9.59 Å². The van der Waals surface area contributed by atoms with E-state index in [9.17, 15) is 9.59 Å². The van der Waals surface area contributed by atoms with Crippen LogP contribution in [0, 0.1) is 5.92 Å². The molecule has 3 rings (SSSR count). The SMILES string of the molecule is CCc1nc2ccc(CC(=O)N3CCN(C(=O)C(CC)CC)CC3)cc2[nH]1. The number of carbonyl (C=O) groups excluding carboxylic acids is 2. The zero-order chi connectivity index (χ0) is 19.4. The van der Waals surface area contributed by atoms with Crippen LogP contribution < -0.4 is 0 Å². The van der Waals surface area contributed by atoms with Gasteiger partial charge in [0.05, 0.1) is 17.5 Å². The summed E-state index contributed by atoms with van der Waals surface area (Å²) in [4.78, 5) is 36.8. The summed E-state index contributed by atoms with van der Waals surface area (Å²) in [6.45, 7) is 8.71. The van der Waals surface area contributed by atoms with Gasteiger partial charge in [-0.2, -0.15) is 0 Å². The molecule has 1 aliphatic heterocycles. The number of H-pyrrole nitrogens is 1. The van der Waals surface area contributed by atoms with Crippen LogP contribution in [0.3, 0.4) is 0 Å². The molecule has 1 N–H and O–H groups in total. The molecule has 2 aromatic rings. The van der Waals surface area contributed by atoms with Gasteiger partial charge in [-0.15, -0.1) is 0 Å². The van der Waals surface area contributed by atoms with E-state index >= 15 is 0 Å². The van der Waals surface area contributed by atoms with Crippen molar-refractivity contribution in [1.29, 1.82) is 0 Å². The Morgan fingerprint density at radius 3 is 2.37 bits per heavy atom. The second-order valence-electron chi connectivity index (χ2n) is 7.28. The smallest absolute Gasteiger partial charge is 0.227 e. The molecule has 27 heavy (non-hydrogen) atoms. The third-order valence-electron chi connectivity index (χ3n) is 5.56. The summed E-state index contributed by atoms with van der Waals surface area (Å²) in [5.74, 6) is 1.44. The van der Waals surface area contributed by atoms with Crippen LogP contribution in [-0.2, 0) is 22.4 Å². The Balaban J connectivity index is 1.57. The number of aromatic nitrogens is 2. The van der Waals surface area contributed by atoms with Crippen molar-refractivity contribution in [3.05, 3.63) is 29.6 Å². The number of rotatable bonds is 6. The zero-order valence-corrected chi connectivity index (χ0v) is 16.6. The molecule has 2 heterocycles. The molecule has 1 saturated heterocycles. The molecular formula is C21H30N4O2. The quantitative estimate of drug-likeness (QED) is 0.850. The van der Waals surface area contributed by atoms with Gasteiger partial charge in [0.25, 0.3) is 0 Å². The van der Waals surface area contributed by atoms with E-state index in [1.54, 1.807) is 0 Å². The van der Waals surface area contributed by atoms with Crippen molar-refractivity contribution >= 4 is 22.8 Å². The second kappa shape index (κ2) is 8.55. The first-order valence-electron chi connectivity index (χ1n) is 10.1. The van der Waals surface area contributed by atoms with E-state index in [1.165, 1.54) is 0 Å². The Hall–Kier alpha value is -2.37. The third-order valence-corrected chi connectivity index (χ3v) is 5.56. The van der Waals surface area contributed by atoms with Crippen LogP contribution in [0.4, 0.5) is 0 Å².